The number of ether oxygens (including phenoxy) is 1. The number of fused-ring (bicyclic) bond motifs is 1. The Morgan fingerprint density at radius 2 is 2.03 bits per heavy atom. The van der Waals surface area contributed by atoms with Gasteiger partial charge in [0.25, 0.3) is 11.1 Å². The maximum atomic E-state index is 13.0. The molecule has 2 aromatic heterocycles. The zero-order valence-electron chi connectivity index (χ0n) is 19.9. The summed E-state index contributed by atoms with van der Waals surface area (Å²) in [7, 11) is 0. The Labute approximate surface area is 208 Å². The molecule has 0 aromatic carbocycles. The molecule has 3 heterocycles. The highest BCUT2D eigenvalue weighted by Crippen LogP contribution is 2.30. The number of carbonyl (C=O) groups is 1. The zero-order valence-corrected chi connectivity index (χ0v) is 21.6. The first-order chi connectivity index (χ1) is 16.2. The van der Waals surface area contributed by atoms with E-state index in [1.165, 1.54) is 34.2 Å². The molecule has 1 fully saturated rings. The molecule has 4 rings (SSSR count). The van der Waals surface area contributed by atoms with Gasteiger partial charge in [-0.2, -0.15) is 4.37 Å². The fraction of sp³-hybridized carbons (Fsp3) is 0.708. The summed E-state index contributed by atoms with van der Waals surface area (Å²) in [5.41, 5.74) is 1.98. The molecule has 34 heavy (non-hydrogen) atoms. The summed E-state index contributed by atoms with van der Waals surface area (Å²) >= 11 is 2.82. The van der Waals surface area contributed by atoms with E-state index in [0.717, 1.165) is 81.3 Å². The predicted octanol–water partition coefficient (Wildman–Crippen LogP) is 4.65. The Hall–Kier alpha value is -1.65. The number of halogens is 2. The largest absolute Gasteiger partial charge is 0.464 e. The van der Waals surface area contributed by atoms with Gasteiger partial charge in [-0.3, -0.25) is 4.79 Å². The molecular formula is C24H34F2N4O2S2. The molecular weight excluding hydrogens is 478 g/mol. The molecule has 0 spiro atoms. The summed E-state index contributed by atoms with van der Waals surface area (Å²) in [5, 5.41) is 3.58. The number of amides is 1. The summed E-state index contributed by atoms with van der Waals surface area (Å²) in [6.45, 7) is 5.18. The van der Waals surface area contributed by atoms with Crippen molar-refractivity contribution in [3.63, 3.8) is 0 Å². The molecule has 1 aliphatic heterocycles. The molecule has 10 heteroatoms. The van der Waals surface area contributed by atoms with Gasteiger partial charge in [0.15, 0.2) is 6.61 Å². The highest BCUT2D eigenvalue weighted by Gasteiger charge is 2.26. The summed E-state index contributed by atoms with van der Waals surface area (Å²) in [6.07, 6.45) is 7.79. The van der Waals surface area contributed by atoms with Crippen LogP contribution in [0.5, 0.6) is 5.19 Å². The first-order valence-corrected chi connectivity index (χ1v) is 13.8. The third-order valence-electron chi connectivity index (χ3n) is 6.60. The van der Waals surface area contributed by atoms with E-state index in [4.69, 9.17) is 4.74 Å². The van der Waals surface area contributed by atoms with Crippen molar-refractivity contribution in [1.29, 1.82) is 0 Å². The maximum absolute atomic E-state index is 13.0. The molecule has 6 nitrogen and oxygen atoms in total. The van der Waals surface area contributed by atoms with Gasteiger partial charge in [0.2, 0.25) is 5.91 Å². The molecule has 1 saturated carbocycles. The summed E-state index contributed by atoms with van der Waals surface area (Å²) in [6, 6.07) is 2.28. The van der Waals surface area contributed by atoms with Crippen molar-refractivity contribution in [3.8, 4) is 5.19 Å². The molecule has 2 aromatic rings. The van der Waals surface area contributed by atoms with Crippen LogP contribution in [0, 0.1) is 12.8 Å². The quantitative estimate of drug-likeness (QED) is 0.530. The lowest BCUT2D eigenvalue weighted by molar-refractivity contribution is -0.121. The highest BCUT2D eigenvalue weighted by atomic mass is 32.1. The molecule has 0 atom stereocenters. The van der Waals surface area contributed by atoms with E-state index in [2.05, 4.69) is 19.6 Å². The van der Waals surface area contributed by atoms with E-state index in [0.29, 0.717) is 23.6 Å². The number of aromatic nitrogens is 2. The van der Waals surface area contributed by atoms with E-state index in [1.807, 2.05) is 13.0 Å². The van der Waals surface area contributed by atoms with Crippen LogP contribution in [0.15, 0.2) is 6.07 Å². The number of hydrogen-bond donors (Lipinski definition) is 1. The number of nitrogens with one attached hydrogen (secondary N) is 1. The van der Waals surface area contributed by atoms with Gasteiger partial charge in [-0.15, -0.1) is 0 Å². The standard InChI is InChI=1S/C24H34F2N4O2S2/c1-16-13-19(34-29-16)14-22(31)27-18-5-3-17(4-6-18)7-10-30-11-8-20-21(9-12-30)33-23(28-20)32-15-24(2,25)26/h13,17-18H,3-12,14-15H2,1-2H3,(H,27,31). The summed E-state index contributed by atoms with van der Waals surface area (Å²) < 4.78 is 35.5. The number of nitrogens with zero attached hydrogens (tertiary/aromatic N) is 3. The molecule has 0 unspecified atom stereocenters. The second-order valence-corrected chi connectivity index (χ2v) is 11.7. The SMILES string of the molecule is Cc1cc(CC(=O)NC2CCC(CCN3CCc4nc(OCC(C)(F)F)sc4CC3)CC2)sn1. The predicted molar refractivity (Wildman–Crippen MR) is 131 cm³/mol. The summed E-state index contributed by atoms with van der Waals surface area (Å²) in [4.78, 5) is 21.5. The third-order valence-corrected chi connectivity index (χ3v) is 8.55. The van der Waals surface area contributed by atoms with Crippen LogP contribution >= 0.6 is 22.9 Å². The Kier molecular flexibility index (Phi) is 8.52. The Morgan fingerprint density at radius 1 is 1.26 bits per heavy atom. The van der Waals surface area contributed by atoms with Crippen molar-refractivity contribution in [3.05, 3.63) is 27.2 Å². The lowest BCUT2D eigenvalue weighted by Crippen LogP contribution is -2.38. The van der Waals surface area contributed by atoms with E-state index >= 15 is 0 Å². The molecule has 0 saturated heterocycles. The number of hydrogen-bond acceptors (Lipinski definition) is 7. The highest BCUT2D eigenvalue weighted by molar-refractivity contribution is 7.13. The second kappa shape index (κ2) is 11.4. The molecule has 188 valence electrons. The third kappa shape index (κ3) is 7.68. The van der Waals surface area contributed by atoms with Gasteiger partial charge < -0.3 is 15.0 Å². The Balaban J connectivity index is 1.13. The first-order valence-electron chi connectivity index (χ1n) is 12.2. The van der Waals surface area contributed by atoms with Gasteiger partial charge >= 0.3 is 0 Å². The number of aryl methyl sites for hydroxylation is 1. The number of carbonyl (C=O) groups excluding carboxylic acids is 1. The van der Waals surface area contributed by atoms with Crippen molar-refractivity contribution in [2.24, 2.45) is 5.92 Å². The van der Waals surface area contributed by atoms with Crippen LogP contribution in [0.25, 0.3) is 0 Å². The van der Waals surface area contributed by atoms with E-state index in [1.54, 1.807) is 0 Å². The molecule has 0 bridgehead atoms. The topological polar surface area (TPSA) is 67.4 Å². The van der Waals surface area contributed by atoms with E-state index in [9.17, 15) is 13.6 Å². The second-order valence-electron chi connectivity index (χ2n) is 9.74. The molecule has 2 aliphatic rings. The molecule has 1 N–H and O–H groups in total. The lowest BCUT2D eigenvalue weighted by Gasteiger charge is -2.30. The minimum absolute atomic E-state index is 0.106. The number of rotatable bonds is 9. The first kappa shape index (κ1) is 25.4. The van der Waals surface area contributed by atoms with Crippen LogP contribution in [0.4, 0.5) is 8.78 Å². The van der Waals surface area contributed by atoms with Gasteiger partial charge in [0, 0.05) is 42.2 Å². The van der Waals surface area contributed by atoms with Crippen molar-refractivity contribution >= 4 is 28.8 Å². The molecule has 1 amide bonds. The van der Waals surface area contributed by atoms with Crippen LogP contribution in [0.1, 0.15) is 60.2 Å². The maximum Gasteiger partial charge on any atom is 0.278 e. The van der Waals surface area contributed by atoms with Gasteiger partial charge in [-0.25, -0.2) is 13.8 Å². The van der Waals surface area contributed by atoms with Gasteiger partial charge in [0.1, 0.15) is 0 Å². The van der Waals surface area contributed by atoms with Gasteiger partial charge in [0.05, 0.1) is 17.8 Å². The average Bonchev–Trinajstić information content (AvgIpc) is 3.32. The molecule has 1 aliphatic carbocycles. The van der Waals surface area contributed by atoms with Gasteiger partial charge in [-0.1, -0.05) is 11.3 Å². The monoisotopic (exact) mass is 512 g/mol. The van der Waals surface area contributed by atoms with Crippen molar-refractivity contribution in [1.82, 2.24) is 19.6 Å². The van der Waals surface area contributed by atoms with E-state index < -0.39 is 12.5 Å². The van der Waals surface area contributed by atoms with Crippen molar-refractivity contribution in [2.75, 3.05) is 26.2 Å². The average molecular weight is 513 g/mol. The van der Waals surface area contributed by atoms with Crippen LogP contribution < -0.4 is 10.1 Å². The normalized spacial score (nSPS) is 21.6. The van der Waals surface area contributed by atoms with Gasteiger partial charge in [-0.05, 0) is 75.5 Å². The lowest BCUT2D eigenvalue weighted by atomic mass is 9.84. The van der Waals surface area contributed by atoms with Crippen molar-refractivity contribution < 1.29 is 18.3 Å². The molecule has 0 radical (unpaired) electrons. The van der Waals surface area contributed by atoms with Crippen LogP contribution in [0.2, 0.25) is 0 Å². The smallest absolute Gasteiger partial charge is 0.278 e. The van der Waals surface area contributed by atoms with Crippen LogP contribution in [-0.4, -0.2) is 58.4 Å². The Morgan fingerprint density at radius 3 is 2.74 bits per heavy atom. The fourth-order valence-corrected chi connectivity index (χ4v) is 6.43. The zero-order chi connectivity index (χ0) is 24.1. The Bertz CT molecular complexity index is 926. The van der Waals surface area contributed by atoms with Crippen molar-refractivity contribution in [2.45, 2.75) is 77.2 Å². The minimum Gasteiger partial charge on any atom is -0.464 e. The number of thiazole rings is 1. The summed E-state index contributed by atoms with van der Waals surface area (Å²) in [5.74, 6) is -2.02. The number of alkyl halides is 2. The minimum atomic E-state index is -2.84. The van der Waals surface area contributed by atoms with E-state index in [-0.39, 0.29) is 5.91 Å². The van der Waals surface area contributed by atoms with Crippen LogP contribution in [-0.2, 0) is 24.1 Å². The van der Waals surface area contributed by atoms with Crippen LogP contribution in [0.3, 0.4) is 0 Å². The fourth-order valence-electron chi connectivity index (χ4n) is 4.76.